The lowest BCUT2D eigenvalue weighted by molar-refractivity contribution is 0.461. The lowest BCUT2D eigenvalue weighted by Gasteiger charge is -2.06. The molecule has 0 unspecified atom stereocenters. The third kappa shape index (κ3) is 2.46. The molecule has 3 rings (SSSR count). The summed E-state index contributed by atoms with van der Waals surface area (Å²) in [5.41, 5.74) is 2.16. The van der Waals surface area contributed by atoms with Crippen molar-refractivity contribution in [3.63, 3.8) is 0 Å². The van der Waals surface area contributed by atoms with Crippen molar-refractivity contribution in [2.45, 2.75) is 9.79 Å². The Labute approximate surface area is 132 Å². The summed E-state index contributed by atoms with van der Waals surface area (Å²) in [5, 5.41) is 9.81. The molecule has 0 aliphatic rings. The lowest BCUT2D eigenvalue weighted by Crippen LogP contribution is -1.83. The van der Waals surface area contributed by atoms with E-state index in [0.717, 1.165) is 27.5 Å². The van der Waals surface area contributed by atoms with Crippen LogP contribution in [0.25, 0.3) is 22.6 Å². The van der Waals surface area contributed by atoms with Crippen molar-refractivity contribution in [3.05, 3.63) is 36.4 Å². The molecule has 0 amide bonds. The smallest absolute Gasteiger partial charge is 0.228 e. The number of para-hydroxylation sites is 2. The molecular weight excluding hydrogens is 337 g/mol. The molecule has 0 spiro atoms. The van der Waals surface area contributed by atoms with E-state index >= 15 is 0 Å². The third-order valence-corrected chi connectivity index (χ3v) is 4.75. The minimum absolute atomic E-state index is 0.0769. The Morgan fingerprint density at radius 1 is 1.05 bits per heavy atom. The van der Waals surface area contributed by atoms with Crippen LogP contribution in [0, 0.1) is 0 Å². The van der Waals surface area contributed by atoms with E-state index in [1.54, 1.807) is 12.1 Å². The number of rotatable bonds is 3. The van der Waals surface area contributed by atoms with Crippen LogP contribution in [0.4, 0.5) is 0 Å². The molecule has 0 atom stereocenters. The van der Waals surface area contributed by atoms with Crippen molar-refractivity contribution < 1.29 is 9.52 Å². The Morgan fingerprint density at radius 2 is 1.80 bits per heavy atom. The van der Waals surface area contributed by atoms with Crippen LogP contribution in [0.2, 0.25) is 0 Å². The van der Waals surface area contributed by atoms with Gasteiger partial charge in [-0.3, -0.25) is 0 Å². The molecule has 0 saturated heterocycles. The quantitative estimate of drug-likeness (QED) is 0.661. The highest BCUT2D eigenvalue weighted by atomic mass is 35.7. The van der Waals surface area contributed by atoms with E-state index in [0.29, 0.717) is 26.8 Å². The first-order chi connectivity index (χ1) is 9.72. The van der Waals surface area contributed by atoms with Crippen LogP contribution in [0.3, 0.4) is 0 Å². The summed E-state index contributed by atoms with van der Waals surface area (Å²) in [6.07, 6.45) is 0. The van der Waals surface area contributed by atoms with E-state index < -0.39 is 0 Å². The van der Waals surface area contributed by atoms with Crippen molar-refractivity contribution in [1.29, 1.82) is 0 Å². The molecule has 0 aliphatic carbocycles. The largest absolute Gasteiger partial charge is 0.507 e. The van der Waals surface area contributed by atoms with Crippen molar-refractivity contribution in [2.75, 3.05) is 0 Å². The number of nitrogens with zero attached hydrogens (tertiary/aromatic N) is 1. The predicted molar refractivity (Wildman–Crippen MR) is 84.5 cm³/mol. The summed E-state index contributed by atoms with van der Waals surface area (Å²) in [5.74, 6) is 0.523. The zero-order valence-electron chi connectivity index (χ0n) is 9.84. The minimum atomic E-state index is 0.0769. The highest BCUT2D eigenvalue weighted by Crippen LogP contribution is 2.42. The number of oxazole rings is 1. The summed E-state index contributed by atoms with van der Waals surface area (Å²) in [4.78, 5) is 5.61. The van der Waals surface area contributed by atoms with Gasteiger partial charge in [0.1, 0.15) is 11.3 Å². The Bertz CT molecular complexity index is 743. The molecule has 0 radical (unpaired) electrons. The number of aromatic hydroxyl groups is 1. The van der Waals surface area contributed by atoms with E-state index in [2.05, 4.69) is 4.98 Å². The van der Waals surface area contributed by atoms with Crippen LogP contribution in [0.5, 0.6) is 5.75 Å². The molecule has 1 aromatic heterocycles. The molecule has 7 heteroatoms. The van der Waals surface area contributed by atoms with Gasteiger partial charge >= 0.3 is 0 Å². The third-order valence-electron chi connectivity index (χ3n) is 2.75. The van der Waals surface area contributed by atoms with Crippen LogP contribution in [-0.4, -0.2) is 10.1 Å². The number of halogens is 2. The monoisotopic (exact) mass is 343 g/mol. The van der Waals surface area contributed by atoms with E-state index in [-0.39, 0.29) is 5.75 Å². The molecule has 0 aliphatic heterocycles. The minimum Gasteiger partial charge on any atom is -0.507 e. The maximum atomic E-state index is 9.81. The Kier molecular flexibility index (Phi) is 4.03. The zero-order chi connectivity index (χ0) is 14.1. The zero-order valence-corrected chi connectivity index (χ0v) is 13.0. The second kappa shape index (κ2) is 5.77. The highest BCUT2D eigenvalue weighted by molar-refractivity contribution is 8.21. The molecule has 0 fully saturated rings. The molecule has 3 nitrogen and oxygen atoms in total. The molecule has 102 valence electrons. The summed E-state index contributed by atoms with van der Waals surface area (Å²) >= 11 is 0. The predicted octanol–water partition coefficient (Wildman–Crippen LogP) is 5.69. The molecule has 2 aromatic carbocycles. The van der Waals surface area contributed by atoms with Gasteiger partial charge in [-0.1, -0.05) is 12.1 Å². The molecule has 1 N–H and O–H groups in total. The number of fused-ring (bicyclic) bond motifs is 1. The molecule has 0 bridgehead atoms. The van der Waals surface area contributed by atoms with Gasteiger partial charge in [0.05, 0.1) is 10.5 Å². The molecule has 1 heterocycles. The van der Waals surface area contributed by atoms with Gasteiger partial charge in [0, 0.05) is 4.90 Å². The summed E-state index contributed by atoms with van der Waals surface area (Å²) in [6, 6.07) is 10.7. The summed E-state index contributed by atoms with van der Waals surface area (Å²) in [6.45, 7) is 0. The van der Waals surface area contributed by atoms with Gasteiger partial charge in [0.25, 0.3) is 0 Å². The number of hydrogen-bond donors (Lipinski definition) is 1. The summed E-state index contributed by atoms with van der Waals surface area (Å²) in [7, 11) is 13.5. The second-order valence-corrected chi connectivity index (χ2v) is 6.07. The maximum absolute atomic E-state index is 9.81. The van der Waals surface area contributed by atoms with Crippen LogP contribution in [0.1, 0.15) is 0 Å². The van der Waals surface area contributed by atoms with E-state index in [1.807, 2.05) is 24.3 Å². The average molecular weight is 344 g/mol. The summed E-state index contributed by atoms with van der Waals surface area (Å²) < 4.78 is 5.72. The average Bonchev–Trinajstić information content (AvgIpc) is 2.90. The SMILES string of the molecule is Oc1cc(SCl)c(-c2nc3ccccc3o2)cc1SCl. The normalized spacial score (nSPS) is 11.1. The van der Waals surface area contributed by atoms with Crippen LogP contribution < -0.4 is 0 Å². The van der Waals surface area contributed by atoms with Crippen molar-refractivity contribution in [1.82, 2.24) is 4.98 Å². The van der Waals surface area contributed by atoms with E-state index in [4.69, 9.17) is 25.8 Å². The lowest BCUT2D eigenvalue weighted by atomic mass is 10.2. The first-order valence-corrected chi connectivity index (χ1v) is 8.81. The van der Waals surface area contributed by atoms with Gasteiger partial charge in [0.2, 0.25) is 5.89 Å². The van der Waals surface area contributed by atoms with Crippen molar-refractivity contribution in [2.24, 2.45) is 0 Å². The Hall–Kier alpha value is -1.01. The highest BCUT2D eigenvalue weighted by Gasteiger charge is 2.16. The van der Waals surface area contributed by atoms with Crippen LogP contribution in [0.15, 0.2) is 50.6 Å². The molecule has 3 aromatic rings. The van der Waals surface area contributed by atoms with Gasteiger partial charge in [0.15, 0.2) is 5.58 Å². The molecule has 20 heavy (non-hydrogen) atoms. The van der Waals surface area contributed by atoms with Gasteiger partial charge < -0.3 is 9.52 Å². The number of hydrogen-bond acceptors (Lipinski definition) is 5. The van der Waals surface area contributed by atoms with Crippen molar-refractivity contribution >= 4 is 54.4 Å². The standard InChI is InChI=1S/C13H7Cl2NO2S2/c14-19-11-6-9(17)12(20-15)5-7(11)13-16-8-3-1-2-4-10(8)18-13/h1-6,17H. The topological polar surface area (TPSA) is 46.3 Å². The number of phenolic OH excluding ortho intramolecular Hbond substituents is 1. The number of aromatic nitrogens is 1. The first kappa shape index (κ1) is 13.9. The second-order valence-electron chi connectivity index (χ2n) is 3.96. The first-order valence-electron chi connectivity index (χ1n) is 5.53. The fraction of sp³-hybridized carbons (Fsp3) is 0. The number of benzene rings is 2. The van der Waals surface area contributed by atoms with Crippen LogP contribution in [-0.2, 0) is 0 Å². The van der Waals surface area contributed by atoms with Crippen LogP contribution >= 0.6 is 43.3 Å². The molecule has 0 saturated carbocycles. The Morgan fingerprint density at radius 3 is 2.50 bits per heavy atom. The van der Waals surface area contributed by atoms with Gasteiger partial charge in [-0.05, 0) is 67.6 Å². The molecular formula is C13H7Cl2NO2S2. The van der Waals surface area contributed by atoms with E-state index in [1.165, 1.54) is 0 Å². The fourth-order valence-electron chi connectivity index (χ4n) is 1.83. The Balaban J connectivity index is 2.21. The number of phenols is 1. The van der Waals surface area contributed by atoms with Gasteiger partial charge in [-0.25, -0.2) is 4.98 Å². The van der Waals surface area contributed by atoms with Crippen molar-refractivity contribution in [3.8, 4) is 17.2 Å². The van der Waals surface area contributed by atoms with Gasteiger partial charge in [-0.2, -0.15) is 0 Å². The van der Waals surface area contributed by atoms with E-state index in [9.17, 15) is 5.11 Å². The van der Waals surface area contributed by atoms with Gasteiger partial charge in [-0.15, -0.1) is 0 Å². The fourth-order valence-corrected chi connectivity index (χ4v) is 3.27. The maximum Gasteiger partial charge on any atom is 0.228 e.